The Balaban J connectivity index is 2.39. The zero-order valence-corrected chi connectivity index (χ0v) is 13.5. The lowest BCUT2D eigenvalue weighted by atomic mass is 10.00. The molecule has 5 nitrogen and oxygen atoms in total. The second-order valence-corrected chi connectivity index (χ2v) is 7.90. The van der Waals surface area contributed by atoms with Crippen molar-refractivity contribution in [1.29, 1.82) is 0 Å². The average Bonchev–Trinajstić information content (AvgIpc) is 3.18. The molecule has 0 aromatic heterocycles. The number of ether oxygens (including phenoxy) is 2. The third kappa shape index (κ3) is 2.67. The molecule has 0 radical (unpaired) electrons. The zero-order valence-electron chi connectivity index (χ0n) is 12.7. The minimum atomic E-state index is -3.17. The maximum atomic E-state index is 12.4. The van der Waals surface area contributed by atoms with Crippen LogP contribution >= 0.6 is 0 Å². The summed E-state index contributed by atoms with van der Waals surface area (Å²) in [6.45, 7) is 2.32. The molecule has 1 fully saturated rings. The van der Waals surface area contributed by atoms with Gasteiger partial charge in [-0.2, -0.15) is 0 Å². The van der Waals surface area contributed by atoms with Crippen LogP contribution in [0.5, 0.6) is 5.75 Å². The highest BCUT2D eigenvalue weighted by Crippen LogP contribution is 2.62. The van der Waals surface area contributed by atoms with E-state index in [9.17, 15) is 8.42 Å². The van der Waals surface area contributed by atoms with Crippen molar-refractivity contribution in [2.24, 2.45) is 11.1 Å². The Hall–Kier alpha value is -1.11. The second kappa shape index (κ2) is 5.94. The molecule has 1 aliphatic carbocycles. The highest BCUT2D eigenvalue weighted by Gasteiger charge is 2.69. The third-order valence-electron chi connectivity index (χ3n) is 4.44. The van der Waals surface area contributed by atoms with Crippen LogP contribution in [0.15, 0.2) is 24.3 Å². The summed E-state index contributed by atoms with van der Waals surface area (Å²) in [6, 6.07) is 7.51. The summed E-state index contributed by atoms with van der Waals surface area (Å²) in [5.74, 6) is 0.758. The fourth-order valence-electron chi connectivity index (χ4n) is 3.26. The van der Waals surface area contributed by atoms with Crippen LogP contribution in [-0.2, 0) is 14.6 Å². The van der Waals surface area contributed by atoms with E-state index >= 15 is 0 Å². The van der Waals surface area contributed by atoms with Crippen molar-refractivity contribution in [2.45, 2.75) is 18.1 Å². The smallest absolute Gasteiger partial charge is 0.154 e. The van der Waals surface area contributed by atoms with Gasteiger partial charge in [-0.15, -0.1) is 0 Å². The number of hydrogen-bond donors (Lipinski definition) is 1. The molecule has 0 heterocycles. The first-order valence-electron chi connectivity index (χ1n) is 7.01. The number of benzene rings is 1. The van der Waals surface area contributed by atoms with Crippen LogP contribution in [0.2, 0.25) is 0 Å². The molecule has 1 saturated carbocycles. The lowest BCUT2D eigenvalue weighted by molar-refractivity contribution is 0.142. The van der Waals surface area contributed by atoms with Gasteiger partial charge in [0.1, 0.15) is 5.75 Å². The van der Waals surface area contributed by atoms with Crippen LogP contribution in [-0.4, -0.2) is 46.8 Å². The largest absolute Gasteiger partial charge is 0.497 e. The van der Waals surface area contributed by atoms with Gasteiger partial charge < -0.3 is 15.2 Å². The Labute approximate surface area is 126 Å². The van der Waals surface area contributed by atoms with Gasteiger partial charge in [0, 0.05) is 30.7 Å². The fraction of sp³-hybridized carbons (Fsp3) is 0.600. The number of methoxy groups -OCH3 is 2. The van der Waals surface area contributed by atoms with Crippen molar-refractivity contribution < 1.29 is 17.9 Å². The summed E-state index contributed by atoms with van der Waals surface area (Å²) < 4.78 is 35.2. The zero-order chi connectivity index (χ0) is 15.7. The van der Waals surface area contributed by atoms with Crippen LogP contribution in [0, 0.1) is 5.41 Å². The van der Waals surface area contributed by atoms with Crippen LogP contribution in [0.1, 0.15) is 18.4 Å². The molecule has 0 bridgehead atoms. The van der Waals surface area contributed by atoms with E-state index in [1.165, 1.54) is 0 Å². The van der Waals surface area contributed by atoms with Crippen molar-refractivity contribution in [2.75, 3.05) is 33.1 Å². The van der Waals surface area contributed by atoms with Crippen molar-refractivity contribution in [3.63, 3.8) is 0 Å². The van der Waals surface area contributed by atoms with Gasteiger partial charge >= 0.3 is 0 Å². The average molecular weight is 313 g/mol. The summed E-state index contributed by atoms with van der Waals surface area (Å²) in [4.78, 5) is 0. The van der Waals surface area contributed by atoms with E-state index in [2.05, 4.69) is 0 Å². The summed E-state index contributed by atoms with van der Waals surface area (Å²) in [5, 5.41) is -0.464. The molecule has 0 amide bonds. The first-order valence-corrected chi connectivity index (χ1v) is 8.73. The van der Waals surface area contributed by atoms with Crippen molar-refractivity contribution in [3.8, 4) is 5.75 Å². The summed E-state index contributed by atoms with van der Waals surface area (Å²) in [5.41, 5.74) is 6.37. The molecule has 1 aromatic carbocycles. The summed E-state index contributed by atoms with van der Waals surface area (Å²) in [6.07, 6.45) is 0. The van der Waals surface area contributed by atoms with E-state index in [0.717, 1.165) is 11.3 Å². The highest BCUT2D eigenvalue weighted by molar-refractivity contribution is 7.92. The molecular weight excluding hydrogens is 290 g/mol. The Morgan fingerprint density at radius 2 is 1.86 bits per heavy atom. The lowest BCUT2D eigenvalue weighted by Crippen LogP contribution is -2.28. The number of nitrogens with two attached hydrogens (primary N) is 1. The number of rotatable bonds is 7. The van der Waals surface area contributed by atoms with E-state index in [1.807, 2.05) is 24.3 Å². The predicted molar refractivity (Wildman–Crippen MR) is 82.3 cm³/mol. The van der Waals surface area contributed by atoms with Gasteiger partial charge in [0.25, 0.3) is 0 Å². The standard InChI is InChI=1S/C15H23NO4S/c1-4-21(17,18)14-13(15(14,9-16)10-19-2)11-5-7-12(20-3)8-6-11/h5-8,13-14H,4,9-10,16H2,1-3H3/t13-,14-,15+/m1/s1. The lowest BCUT2D eigenvalue weighted by Gasteiger charge is -2.14. The molecule has 21 heavy (non-hydrogen) atoms. The first kappa shape index (κ1) is 16.3. The van der Waals surface area contributed by atoms with E-state index < -0.39 is 20.5 Å². The minimum absolute atomic E-state index is 0.113. The molecule has 0 saturated heterocycles. The van der Waals surface area contributed by atoms with Gasteiger partial charge in [0.2, 0.25) is 0 Å². The number of sulfone groups is 1. The van der Waals surface area contributed by atoms with Crippen molar-refractivity contribution >= 4 is 9.84 Å². The molecule has 0 aliphatic heterocycles. The minimum Gasteiger partial charge on any atom is -0.497 e. The maximum Gasteiger partial charge on any atom is 0.154 e. The Bertz CT molecular complexity index is 584. The topological polar surface area (TPSA) is 78.6 Å². The molecule has 3 atom stereocenters. The number of hydrogen-bond acceptors (Lipinski definition) is 5. The Morgan fingerprint density at radius 3 is 2.29 bits per heavy atom. The molecule has 2 N–H and O–H groups in total. The van der Waals surface area contributed by atoms with Crippen molar-refractivity contribution in [3.05, 3.63) is 29.8 Å². The molecule has 2 rings (SSSR count). The molecule has 1 aromatic rings. The van der Waals surface area contributed by atoms with Gasteiger partial charge in [-0.1, -0.05) is 19.1 Å². The molecule has 1 aliphatic rings. The van der Waals surface area contributed by atoms with Crippen LogP contribution in [0.4, 0.5) is 0 Å². The van der Waals surface area contributed by atoms with Gasteiger partial charge in [-0.3, -0.25) is 0 Å². The van der Waals surface area contributed by atoms with E-state index in [0.29, 0.717) is 13.2 Å². The van der Waals surface area contributed by atoms with Gasteiger partial charge in [0.15, 0.2) is 9.84 Å². The monoisotopic (exact) mass is 313 g/mol. The predicted octanol–water partition coefficient (Wildman–Crippen LogP) is 1.19. The summed E-state index contributed by atoms with van der Waals surface area (Å²) >= 11 is 0. The molecule has 6 heteroatoms. The summed E-state index contributed by atoms with van der Waals surface area (Å²) in [7, 11) is 0.0114. The Morgan fingerprint density at radius 1 is 1.24 bits per heavy atom. The highest BCUT2D eigenvalue weighted by atomic mass is 32.2. The maximum absolute atomic E-state index is 12.4. The first-order chi connectivity index (χ1) is 9.96. The molecule has 0 unspecified atom stereocenters. The van der Waals surface area contributed by atoms with Crippen LogP contribution in [0.25, 0.3) is 0 Å². The normalized spacial score (nSPS) is 28.4. The van der Waals surface area contributed by atoms with E-state index in [4.69, 9.17) is 15.2 Å². The van der Waals surface area contributed by atoms with E-state index in [-0.39, 0.29) is 11.7 Å². The molecule has 0 spiro atoms. The van der Waals surface area contributed by atoms with Gasteiger partial charge in [-0.25, -0.2) is 8.42 Å². The fourth-order valence-corrected chi connectivity index (χ4v) is 5.41. The van der Waals surface area contributed by atoms with E-state index in [1.54, 1.807) is 21.1 Å². The Kier molecular flexibility index (Phi) is 4.60. The van der Waals surface area contributed by atoms with Crippen molar-refractivity contribution in [1.82, 2.24) is 0 Å². The van der Waals surface area contributed by atoms with Gasteiger partial charge in [0.05, 0.1) is 19.0 Å². The van der Waals surface area contributed by atoms with Crippen LogP contribution in [0.3, 0.4) is 0 Å². The third-order valence-corrected chi connectivity index (χ3v) is 6.76. The molecular formula is C15H23NO4S. The molecule has 118 valence electrons. The second-order valence-electron chi connectivity index (χ2n) is 5.49. The SMILES string of the molecule is CCS(=O)(=O)[C@@H]1[C@@H](c2ccc(OC)cc2)[C@]1(CN)COC. The van der Waals surface area contributed by atoms with Crippen LogP contribution < -0.4 is 10.5 Å². The quantitative estimate of drug-likeness (QED) is 0.818. The van der Waals surface area contributed by atoms with Gasteiger partial charge in [-0.05, 0) is 17.7 Å².